The van der Waals surface area contributed by atoms with Gasteiger partial charge >= 0.3 is 0 Å². The summed E-state index contributed by atoms with van der Waals surface area (Å²) in [6.45, 7) is 7.33. The van der Waals surface area contributed by atoms with Crippen LogP contribution in [-0.4, -0.2) is 49.4 Å². The van der Waals surface area contributed by atoms with E-state index >= 15 is 0 Å². The van der Waals surface area contributed by atoms with E-state index in [-0.39, 0.29) is 18.2 Å². The zero-order chi connectivity index (χ0) is 21.3. The van der Waals surface area contributed by atoms with E-state index in [1.807, 2.05) is 37.8 Å². The number of carbonyl (C=O) groups is 2. The molecule has 3 heterocycles. The number of rotatable bonds is 5. The van der Waals surface area contributed by atoms with E-state index < -0.39 is 0 Å². The van der Waals surface area contributed by atoms with Crippen LogP contribution in [0.4, 0.5) is 5.69 Å². The summed E-state index contributed by atoms with van der Waals surface area (Å²) in [4.78, 5) is 36.1. The average Bonchev–Trinajstić information content (AvgIpc) is 3.41. The quantitative estimate of drug-likeness (QED) is 0.703. The number of amides is 2. The van der Waals surface area contributed by atoms with Crippen molar-refractivity contribution < 1.29 is 9.59 Å². The molecule has 1 fully saturated rings. The fourth-order valence-electron chi connectivity index (χ4n) is 4.06. The highest BCUT2D eigenvalue weighted by Crippen LogP contribution is 2.24. The van der Waals surface area contributed by atoms with Crippen molar-refractivity contribution in [2.24, 2.45) is 0 Å². The number of aromatic nitrogens is 4. The molecule has 1 aliphatic rings. The second-order valence-corrected chi connectivity index (χ2v) is 7.78. The number of nitrogens with one attached hydrogen (secondary N) is 1. The summed E-state index contributed by atoms with van der Waals surface area (Å²) in [5, 5.41) is 7.18. The van der Waals surface area contributed by atoms with E-state index in [0.29, 0.717) is 23.4 Å². The summed E-state index contributed by atoms with van der Waals surface area (Å²) >= 11 is 0. The molecule has 30 heavy (non-hydrogen) atoms. The first-order valence-electron chi connectivity index (χ1n) is 10.3. The Hall–Kier alpha value is -3.29. The van der Waals surface area contributed by atoms with Crippen LogP contribution in [0.15, 0.2) is 24.5 Å². The molecule has 4 rings (SSSR count). The minimum Gasteiger partial charge on any atom is -0.339 e. The van der Waals surface area contributed by atoms with Crippen LogP contribution >= 0.6 is 0 Å². The van der Waals surface area contributed by atoms with Gasteiger partial charge in [-0.05, 0) is 57.2 Å². The third kappa shape index (κ3) is 3.77. The summed E-state index contributed by atoms with van der Waals surface area (Å²) in [6.07, 6.45) is 4.36. The second-order valence-electron chi connectivity index (χ2n) is 7.78. The lowest BCUT2D eigenvalue weighted by Gasteiger charge is -2.19. The lowest BCUT2D eigenvalue weighted by Crippen LogP contribution is -2.29. The molecule has 0 bridgehead atoms. The fourth-order valence-corrected chi connectivity index (χ4v) is 4.06. The Morgan fingerprint density at radius 1 is 1.13 bits per heavy atom. The Labute approximate surface area is 175 Å². The largest absolute Gasteiger partial charge is 0.339 e. The topological polar surface area (TPSA) is 92.5 Å². The van der Waals surface area contributed by atoms with Crippen LogP contribution in [0.25, 0.3) is 5.78 Å². The number of anilines is 1. The molecular weight excluding hydrogens is 380 g/mol. The minimum absolute atomic E-state index is 0.0148. The molecule has 8 heteroatoms. The van der Waals surface area contributed by atoms with Crippen molar-refractivity contribution in [1.29, 1.82) is 0 Å². The lowest BCUT2D eigenvalue weighted by molar-refractivity contribution is -0.116. The van der Waals surface area contributed by atoms with E-state index in [2.05, 4.69) is 20.4 Å². The van der Waals surface area contributed by atoms with Gasteiger partial charge in [0.25, 0.3) is 11.7 Å². The normalized spacial score (nSPS) is 13.8. The van der Waals surface area contributed by atoms with E-state index in [0.717, 1.165) is 48.4 Å². The molecule has 3 aromatic rings. The average molecular weight is 406 g/mol. The van der Waals surface area contributed by atoms with Crippen molar-refractivity contribution in [2.45, 2.75) is 46.5 Å². The number of likely N-dealkylation sites (tertiary alicyclic amines) is 1. The minimum atomic E-state index is -0.128. The molecule has 0 saturated carbocycles. The van der Waals surface area contributed by atoms with Crippen LogP contribution in [0.3, 0.4) is 0 Å². The van der Waals surface area contributed by atoms with E-state index in [9.17, 15) is 9.59 Å². The van der Waals surface area contributed by atoms with Crippen molar-refractivity contribution in [3.63, 3.8) is 0 Å². The van der Waals surface area contributed by atoms with E-state index in [1.165, 1.54) is 6.33 Å². The molecule has 8 nitrogen and oxygen atoms in total. The number of aryl methyl sites for hydroxylation is 3. The van der Waals surface area contributed by atoms with Gasteiger partial charge in [0.2, 0.25) is 5.91 Å². The van der Waals surface area contributed by atoms with Crippen molar-refractivity contribution in [3.8, 4) is 0 Å². The molecule has 2 aromatic heterocycles. The maximum atomic E-state index is 12.9. The molecule has 2 amide bonds. The second kappa shape index (κ2) is 8.22. The highest BCUT2D eigenvalue weighted by Gasteiger charge is 2.23. The van der Waals surface area contributed by atoms with Crippen molar-refractivity contribution >= 4 is 23.3 Å². The van der Waals surface area contributed by atoms with Gasteiger partial charge in [-0.2, -0.15) is 10.1 Å². The van der Waals surface area contributed by atoms with E-state index in [1.54, 1.807) is 10.6 Å². The van der Waals surface area contributed by atoms with Crippen LogP contribution in [-0.2, 0) is 11.2 Å². The molecule has 0 spiro atoms. The molecule has 1 N–H and O–H groups in total. The van der Waals surface area contributed by atoms with Crippen LogP contribution in [0.1, 0.15) is 52.1 Å². The predicted molar refractivity (Wildman–Crippen MR) is 114 cm³/mol. The van der Waals surface area contributed by atoms with Gasteiger partial charge in [-0.3, -0.25) is 9.59 Å². The van der Waals surface area contributed by atoms with Crippen LogP contribution in [0.5, 0.6) is 0 Å². The van der Waals surface area contributed by atoms with Gasteiger partial charge in [-0.1, -0.05) is 12.1 Å². The smallest absolute Gasteiger partial charge is 0.255 e. The Bertz CT molecular complexity index is 1110. The van der Waals surface area contributed by atoms with Gasteiger partial charge in [0, 0.05) is 30.9 Å². The summed E-state index contributed by atoms with van der Waals surface area (Å²) in [7, 11) is 0. The lowest BCUT2D eigenvalue weighted by atomic mass is 10.0. The summed E-state index contributed by atoms with van der Waals surface area (Å²) < 4.78 is 1.69. The van der Waals surface area contributed by atoms with Gasteiger partial charge in [0.1, 0.15) is 6.33 Å². The van der Waals surface area contributed by atoms with Crippen molar-refractivity contribution in [3.05, 3.63) is 52.6 Å². The number of benzene rings is 1. The number of para-hydroxylation sites is 1. The third-order valence-electron chi connectivity index (χ3n) is 5.75. The predicted octanol–water partition coefficient (Wildman–Crippen LogP) is 2.86. The maximum Gasteiger partial charge on any atom is 0.255 e. The third-order valence-corrected chi connectivity index (χ3v) is 5.75. The van der Waals surface area contributed by atoms with Gasteiger partial charge in [0.05, 0.1) is 11.3 Å². The SMILES string of the molecule is Cc1cccc(C(=O)N2CCCC2)c1NC(=O)CCc1c(C)nc2ncnn2c1C. The molecular formula is C22H26N6O2. The number of carbonyl (C=O) groups excluding carboxylic acids is 2. The number of hydrogen-bond acceptors (Lipinski definition) is 5. The highest BCUT2D eigenvalue weighted by atomic mass is 16.2. The summed E-state index contributed by atoms with van der Waals surface area (Å²) in [5.74, 6) is 0.416. The molecule has 0 atom stereocenters. The van der Waals surface area contributed by atoms with Crippen LogP contribution in [0, 0.1) is 20.8 Å². The molecule has 156 valence electrons. The Morgan fingerprint density at radius 2 is 1.90 bits per heavy atom. The Kier molecular flexibility index (Phi) is 5.48. The molecule has 0 unspecified atom stereocenters. The standard InChI is InChI=1S/C22H26N6O2/c1-14-7-6-8-18(21(30)27-11-4-5-12-27)20(14)26-19(29)10-9-17-15(2)25-22-23-13-24-28(22)16(17)3/h6-8,13H,4-5,9-12H2,1-3H3,(H,26,29). The molecule has 0 radical (unpaired) electrons. The highest BCUT2D eigenvalue weighted by molar-refractivity contribution is 6.04. The monoisotopic (exact) mass is 406 g/mol. The molecule has 1 saturated heterocycles. The maximum absolute atomic E-state index is 12.9. The molecule has 1 aliphatic heterocycles. The van der Waals surface area contributed by atoms with E-state index in [4.69, 9.17) is 0 Å². The van der Waals surface area contributed by atoms with Gasteiger partial charge in [-0.15, -0.1) is 0 Å². The number of fused-ring (bicyclic) bond motifs is 1. The van der Waals surface area contributed by atoms with Crippen LogP contribution in [0.2, 0.25) is 0 Å². The summed E-state index contributed by atoms with van der Waals surface area (Å²) in [6, 6.07) is 5.56. The Morgan fingerprint density at radius 3 is 2.67 bits per heavy atom. The first kappa shape index (κ1) is 20.0. The summed E-state index contributed by atoms with van der Waals surface area (Å²) in [5.41, 5.74) is 4.82. The number of hydrogen-bond donors (Lipinski definition) is 1. The van der Waals surface area contributed by atoms with Crippen molar-refractivity contribution in [1.82, 2.24) is 24.5 Å². The fraction of sp³-hybridized carbons (Fsp3) is 0.409. The first-order valence-corrected chi connectivity index (χ1v) is 10.3. The molecule has 0 aliphatic carbocycles. The van der Waals surface area contributed by atoms with Crippen molar-refractivity contribution in [2.75, 3.05) is 18.4 Å². The van der Waals surface area contributed by atoms with Gasteiger partial charge in [-0.25, -0.2) is 9.50 Å². The zero-order valence-electron chi connectivity index (χ0n) is 17.6. The zero-order valence-corrected chi connectivity index (χ0v) is 17.6. The molecule has 1 aromatic carbocycles. The Balaban J connectivity index is 1.50. The number of nitrogens with zero attached hydrogens (tertiary/aromatic N) is 5. The van der Waals surface area contributed by atoms with Gasteiger partial charge in [0.15, 0.2) is 0 Å². The van der Waals surface area contributed by atoms with Crippen LogP contribution < -0.4 is 5.32 Å². The first-order chi connectivity index (χ1) is 14.5. The van der Waals surface area contributed by atoms with Gasteiger partial charge < -0.3 is 10.2 Å².